The number of pyridine rings is 1. The van der Waals surface area contributed by atoms with Crippen molar-refractivity contribution < 1.29 is 42.8 Å². The largest absolute Gasteiger partial charge is 0.458 e. The van der Waals surface area contributed by atoms with Crippen molar-refractivity contribution in [3.8, 4) is 0 Å². The first-order chi connectivity index (χ1) is 23.4. The SMILES string of the molecule is CNC[C@@H]1O[C@@H]2C3=C(C)[C@@H](OC(=O)CCc4ccc(F)cn4)C[C@@](O)([C@@H](OC(=O)c4ccccc4)C4[C@@H]5CO[C@@H]5CC[C@@]4(C)[C@@H]2O1)C3(C)C. The minimum Gasteiger partial charge on any atom is -0.458 e. The van der Waals surface area contributed by atoms with E-state index in [4.69, 9.17) is 23.7 Å². The van der Waals surface area contributed by atoms with Crippen molar-refractivity contribution in [1.29, 1.82) is 0 Å². The van der Waals surface area contributed by atoms with E-state index in [0.717, 1.165) is 30.2 Å². The third-order valence-corrected chi connectivity index (χ3v) is 12.2. The summed E-state index contributed by atoms with van der Waals surface area (Å²) in [4.78, 5) is 31.5. The Balaban J connectivity index is 1.32. The van der Waals surface area contributed by atoms with Gasteiger partial charge in [0.1, 0.15) is 29.7 Å². The number of halogens is 1. The fraction of sp³-hybridized carbons (Fsp3) is 0.605. The molecule has 3 heterocycles. The molecule has 10 nitrogen and oxygen atoms in total. The van der Waals surface area contributed by atoms with Gasteiger partial charge in [-0.1, -0.05) is 39.0 Å². The molecule has 2 bridgehead atoms. The summed E-state index contributed by atoms with van der Waals surface area (Å²) < 4.78 is 45.8. The molecule has 1 aromatic carbocycles. The van der Waals surface area contributed by atoms with Crippen LogP contribution in [-0.4, -0.2) is 84.6 Å². The number of nitrogens with one attached hydrogen (secondary N) is 1. The molecular weight excluding hydrogens is 631 g/mol. The number of nitrogens with zero attached hydrogens (tertiary/aromatic N) is 1. The lowest BCUT2D eigenvalue weighted by Gasteiger charge is -2.65. The number of hydrogen-bond acceptors (Lipinski definition) is 10. The summed E-state index contributed by atoms with van der Waals surface area (Å²) in [6.07, 6.45) is -0.375. The van der Waals surface area contributed by atoms with Gasteiger partial charge in [0, 0.05) is 47.7 Å². The number of esters is 2. The molecule has 2 saturated heterocycles. The number of ether oxygens (including phenoxy) is 5. The van der Waals surface area contributed by atoms with Crippen molar-refractivity contribution in [1.82, 2.24) is 10.3 Å². The van der Waals surface area contributed by atoms with E-state index in [1.54, 1.807) is 30.3 Å². The van der Waals surface area contributed by atoms with E-state index in [2.05, 4.69) is 17.2 Å². The molecule has 4 fully saturated rings. The lowest BCUT2D eigenvalue weighted by atomic mass is 9.46. The summed E-state index contributed by atoms with van der Waals surface area (Å²) in [6, 6.07) is 11.7. The van der Waals surface area contributed by atoms with Gasteiger partial charge in [0.25, 0.3) is 0 Å². The molecule has 11 heteroatoms. The lowest BCUT2D eigenvalue weighted by molar-refractivity contribution is -0.276. The van der Waals surface area contributed by atoms with Crippen LogP contribution in [-0.2, 0) is 34.9 Å². The van der Waals surface area contributed by atoms with Gasteiger partial charge >= 0.3 is 11.9 Å². The van der Waals surface area contributed by atoms with Crippen LogP contribution in [0.25, 0.3) is 0 Å². The fourth-order valence-corrected chi connectivity index (χ4v) is 9.47. The average molecular weight is 679 g/mol. The molecule has 49 heavy (non-hydrogen) atoms. The summed E-state index contributed by atoms with van der Waals surface area (Å²) >= 11 is 0. The monoisotopic (exact) mass is 678 g/mol. The highest BCUT2D eigenvalue weighted by Gasteiger charge is 2.72. The van der Waals surface area contributed by atoms with E-state index in [9.17, 15) is 19.1 Å². The molecule has 2 saturated carbocycles. The number of benzene rings is 1. The second-order valence-corrected chi connectivity index (χ2v) is 15.2. The van der Waals surface area contributed by atoms with Crippen LogP contribution in [0.4, 0.5) is 4.39 Å². The third-order valence-electron chi connectivity index (χ3n) is 12.2. The Kier molecular flexibility index (Phi) is 8.97. The quantitative estimate of drug-likeness (QED) is 0.304. The van der Waals surface area contributed by atoms with Crippen molar-refractivity contribution in [2.24, 2.45) is 22.7 Å². The van der Waals surface area contributed by atoms with Crippen LogP contribution in [0, 0.1) is 28.5 Å². The Hall–Kier alpha value is -3.22. The van der Waals surface area contributed by atoms with Crippen LogP contribution in [0.3, 0.4) is 0 Å². The molecule has 264 valence electrons. The summed E-state index contributed by atoms with van der Waals surface area (Å²) in [5.41, 5.74) is -0.663. The number of likely N-dealkylation sites (N-methyl/N-ethyl adjacent to an activating group) is 1. The lowest BCUT2D eigenvalue weighted by Crippen LogP contribution is -2.73. The minimum atomic E-state index is -1.67. The van der Waals surface area contributed by atoms with Crippen molar-refractivity contribution in [3.05, 3.63) is 76.9 Å². The van der Waals surface area contributed by atoms with Crippen LogP contribution >= 0.6 is 0 Å². The maximum atomic E-state index is 14.0. The molecular formula is C38H47FN2O8. The Labute approximate surface area is 286 Å². The normalized spacial score (nSPS) is 37.4. The van der Waals surface area contributed by atoms with Gasteiger partial charge < -0.3 is 34.1 Å². The van der Waals surface area contributed by atoms with E-state index in [1.807, 2.05) is 33.9 Å². The molecule has 2 aliphatic heterocycles. The first-order valence-corrected chi connectivity index (χ1v) is 17.4. The van der Waals surface area contributed by atoms with Gasteiger partial charge in [0.2, 0.25) is 0 Å². The standard InChI is InChI=1S/C38H47FN2O8/c1-21-27(46-28(42)14-13-24-12-11-23(39)18-41-24)17-38(44)33(49-35(43)22-9-7-6-8-10-22)31-25-20-45-26(25)15-16-37(31,4)34-32(30(21)36(38,2)3)47-29(48-34)19-40-5/h6-12,18,25-27,29,31-34,40,44H,13-17,19-20H2,1-5H3/t25-,26-,27+,29-,31?,32-,33+,34-,37-,38-/m1/s1. The molecule has 1 aromatic heterocycles. The number of hydrogen-bond donors (Lipinski definition) is 2. The number of rotatable bonds is 8. The zero-order valence-corrected chi connectivity index (χ0v) is 28.8. The summed E-state index contributed by atoms with van der Waals surface area (Å²) in [5, 5.41) is 16.6. The number of aromatic nitrogens is 1. The third kappa shape index (κ3) is 5.71. The zero-order chi connectivity index (χ0) is 34.7. The Bertz CT molecular complexity index is 1600. The highest BCUT2D eigenvalue weighted by atomic mass is 19.1. The van der Waals surface area contributed by atoms with Crippen LogP contribution < -0.4 is 5.32 Å². The molecule has 0 radical (unpaired) electrons. The number of aliphatic hydroxyl groups is 1. The molecule has 0 spiro atoms. The van der Waals surface area contributed by atoms with Gasteiger partial charge in [0.05, 0.1) is 37.0 Å². The fourth-order valence-electron chi connectivity index (χ4n) is 9.47. The van der Waals surface area contributed by atoms with Gasteiger partial charge in [-0.2, -0.15) is 0 Å². The predicted octanol–water partition coefficient (Wildman–Crippen LogP) is 4.54. The van der Waals surface area contributed by atoms with Gasteiger partial charge in [0.15, 0.2) is 6.29 Å². The number of carbonyl (C=O) groups excluding carboxylic acids is 2. The van der Waals surface area contributed by atoms with E-state index >= 15 is 0 Å². The van der Waals surface area contributed by atoms with Gasteiger partial charge in [-0.15, -0.1) is 0 Å². The van der Waals surface area contributed by atoms with Gasteiger partial charge in [-0.05, 0) is 62.2 Å². The number of carbonyl (C=O) groups is 2. The van der Waals surface area contributed by atoms with Crippen LogP contribution in [0.5, 0.6) is 0 Å². The maximum Gasteiger partial charge on any atom is 0.338 e. The molecule has 10 atom stereocenters. The van der Waals surface area contributed by atoms with Crippen LogP contribution in [0.2, 0.25) is 0 Å². The highest BCUT2D eigenvalue weighted by Crippen LogP contribution is 2.65. The van der Waals surface area contributed by atoms with Gasteiger partial charge in [-0.25, -0.2) is 9.18 Å². The van der Waals surface area contributed by atoms with E-state index in [0.29, 0.717) is 24.4 Å². The predicted molar refractivity (Wildman–Crippen MR) is 176 cm³/mol. The zero-order valence-electron chi connectivity index (χ0n) is 28.8. The first-order valence-electron chi connectivity index (χ1n) is 17.4. The van der Waals surface area contributed by atoms with E-state index < -0.39 is 64.9 Å². The van der Waals surface area contributed by atoms with Crippen molar-refractivity contribution in [3.63, 3.8) is 0 Å². The second kappa shape index (κ2) is 12.8. The number of fused-ring (bicyclic) bond motifs is 8. The van der Waals surface area contributed by atoms with E-state index in [-0.39, 0.29) is 37.2 Å². The van der Waals surface area contributed by atoms with Crippen molar-refractivity contribution in [2.75, 3.05) is 20.2 Å². The van der Waals surface area contributed by atoms with E-state index in [1.165, 1.54) is 6.07 Å². The first kappa shape index (κ1) is 34.2. The highest BCUT2D eigenvalue weighted by molar-refractivity contribution is 5.89. The molecule has 0 amide bonds. The van der Waals surface area contributed by atoms with Gasteiger partial charge in [-0.3, -0.25) is 9.78 Å². The smallest absolute Gasteiger partial charge is 0.338 e. The molecule has 2 aromatic rings. The molecule has 3 aliphatic carbocycles. The number of aryl methyl sites for hydroxylation is 1. The molecule has 1 unspecified atom stereocenters. The van der Waals surface area contributed by atoms with Crippen molar-refractivity contribution in [2.45, 2.75) is 102 Å². The Morgan fingerprint density at radius 1 is 1.10 bits per heavy atom. The van der Waals surface area contributed by atoms with Crippen LogP contribution in [0.15, 0.2) is 59.8 Å². The summed E-state index contributed by atoms with van der Waals surface area (Å²) in [7, 11) is 1.85. The molecule has 2 N–H and O–H groups in total. The second-order valence-electron chi connectivity index (χ2n) is 15.2. The Morgan fingerprint density at radius 2 is 1.88 bits per heavy atom. The van der Waals surface area contributed by atoms with Crippen molar-refractivity contribution >= 4 is 11.9 Å². The average Bonchev–Trinajstić information content (AvgIpc) is 3.47. The molecule has 7 rings (SSSR count). The Morgan fingerprint density at radius 3 is 2.55 bits per heavy atom. The topological polar surface area (TPSA) is 125 Å². The summed E-state index contributed by atoms with van der Waals surface area (Å²) in [5.74, 6) is -1.79. The minimum absolute atomic E-state index is 0.0116. The van der Waals surface area contributed by atoms with Crippen LogP contribution in [0.1, 0.15) is 69.4 Å². The maximum absolute atomic E-state index is 14.0. The summed E-state index contributed by atoms with van der Waals surface area (Å²) in [6.45, 7) is 9.01. The molecule has 5 aliphatic rings.